The summed E-state index contributed by atoms with van der Waals surface area (Å²) in [6.07, 6.45) is 1.75. The van der Waals surface area contributed by atoms with Crippen molar-refractivity contribution in [2.75, 3.05) is 12.3 Å². The van der Waals surface area contributed by atoms with Crippen LogP contribution in [0.25, 0.3) is 0 Å². The smallest absolute Gasteiger partial charge is 0.238 e. The van der Waals surface area contributed by atoms with Gasteiger partial charge in [0.1, 0.15) is 5.25 Å². The summed E-state index contributed by atoms with van der Waals surface area (Å²) in [5.74, 6) is -0.367. The summed E-state index contributed by atoms with van der Waals surface area (Å²) >= 11 is 0. The van der Waals surface area contributed by atoms with E-state index in [-0.39, 0.29) is 12.3 Å². The number of aliphatic hydroxyl groups excluding tert-OH is 1. The molecule has 0 spiro atoms. The molecule has 2 atom stereocenters. The van der Waals surface area contributed by atoms with Crippen molar-refractivity contribution in [3.05, 3.63) is 0 Å². The summed E-state index contributed by atoms with van der Waals surface area (Å²) in [7, 11) is -3.27. The van der Waals surface area contributed by atoms with E-state index < -0.39 is 27.1 Å². The first-order valence-electron chi connectivity index (χ1n) is 5.64. The molecule has 2 N–H and O–H groups in total. The van der Waals surface area contributed by atoms with Crippen LogP contribution < -0.4 is 5.32 Å². The molecule has 0 radical (unpaired) electrons. The molecule has 1 amide bonds. The second-order valence-corrected chi connectivity index (χ2v) is 6.46. The molecule has 0 aliphatic carbocycles. The van der Waals surface area contributed by atoms with Crippen LogP contribution in [0.4, 0.5) is 0 Å². The van der Waals surface area contributed by atoms with Gasteiger partial charge in [0, 0.05) is 6.54 Å². The molecular formula is C10H19NO4S. The number of aliphatic hydroxyl groups is 1. The second kappa shape index (κ2) is 5.63. The third-order valence-electron chi connectivity index (χ3n) is 2.85. The molecular weight excluding hydrogens is 230 g/mol. The maximum Gasteiger partial charge on any atom is 0.238 e. The lowest BCUT2D eigenvalue weighted by Crippen LogP contribution is -2.44. The molecule has 2 unspecified atom stereocenters. The largest absolute Gasteiger partial charge is 0.391 e. The summed E-state index contributed by atoms with van der Waals surface area (Å²) < 4.78 is 23.2. The van der Waals surface area contributed by atoms with Crippen LogP contribution in [0.5, 0.6) is 0 Å². The van der Waals surface area contributed by atoms with Crippen LogP contribution in [-0.4, -0.2) is 43.1 Å². The number of rotatable bonds is 4. The Bertz CT molecular complexity index is 339. The van der Waals surface area contributed by atoms with Gasteiger partial charge >= 0.3 is 0 Å². The molecule has 16 heavy (non-hydrogen) atoms. The lowest BCUT2D eigenvalue weighted by atomic mass is 10.2. The second-order valence-electron chi connectivity index (χ2n) is 4.16. The number of hydrogen-bond acceptors (Lipinski definition) is 4. The van der Waals surface area contributed by atoms with Gasteiger partial charge in [-0.1, -0.05) is 13.3 Å². The maximum atomic E-state index is 11.6. The molecule has 1 aliphatic heterocycles. The van der Waals surface area contributed by atoms with Gasteiger partial charge in [0.25, 0.3) is 0 Å². The normalized spacial score (nSPS) is 26.0. The monoisotopic (exact) mass is 249 g/mol. The highest BCUT2D eigenvalue weighted by atomic mass is 32.2. The minimum Gasteiger partial charge on any atom is -0.391 e. The van der Waals surface area contributed by atoms with Gasteiger partial charge in [0.15, 0.2) is 9.84 Å². The van der Waals surface area contributed by atoms with Gasteiger partial charge in [0.2, 0.25) is 5.91 Å². The van der Waals surface area contributed by atoms with E-state index in [1.165, 1.54) is 0 Å². The molecule has 5 nitrogen and oxygen atoms in total. The number of hydrogen-bond donors (Lipinski definition) is 2. The van der Waals surface area contributed by atoms with Crippen molar-refractivity contribution >= 4 is 15.7 Å². The van der Waals surface area contributed by atoms with Crippen molar-refractivity contribution < 1.29 is 18.3 Å². The van der Waals surface area contributed by atoms with Crippen LogP contribution in [0.15, 0.2) is 0 Å². The SMILES string of the molecule is CCC(O)CNC(=O)C1CCCCS1(=O)=O. The van der Waals surface area contributed by atoms with Crippen LogP contribution in [0.2, 0.25) is 0 Å². The number of carbonyl (C=O) groups is 1. The summed E-state index contributed by atoms with van der Waals surface area (Å²) in [5.41, 5.74) is 0. The van der Waals surface area contributed by atoms with Crippen molar-refractivity contribution in [1.82, 2.24) is 5.32 Å². The Kier molecular flexibility index (Phi) is 4.73. The van der Waals surface area contributed by atoms with E-state index in [0.717, 1.165) is 6.42 Å². The standard InChI is InChI=1S/C10H19NO4S/c1-2-8(12)7-11-10(13)9-5-3-4-6-16(9,14)15/h8-9,12H,2-7H2,1H3,(H,11,13). The van der Waals surface area contributed by atoms with E-state index in [9.17, 15) is 18.3 Å². The summed E-state index contributed by atoms with van der Waals surface area (Å²) in [6.45, 7) is 1.93. The molecule has 1 saturated heterocycles. The molecule has 1 aliphatic rings. The predicted octanol–water partition coefficient (Wildman–Crippen LogP) is -0.159. The van der Waals surface area contributed by atoms with Gasteiger partial charge in [-0.15, -0.1) is 0 Å². The van der Waals surface area contributed by atoms with Crippen LogP contribution in [0.3, 0.4) is 0 Å². The molecule has 6 heteroatoms. The first-order chi connectivity index (χ1) is 7.47. The fraction of sp³-hybridized carbons (Fsp3) is 0.900. The number of amides is 1. The highest BCUT2D eigenvalue weighted by Gasteiger charge is 2.34. The Morgan fingerprint density at radius 2 is 2.19 bits per heavy atom. The molecule has 0 aromatic carbocycles. The van der Waals surface area contributed by atoms with E-state index in [0.29, 0.717) is 19.3 Å². The predicted molar refractivity (Wildman–Crippen MR) is 60.7 cm³/mol. The van der Waals surface area contributed by atoms with Gasteiger partial charge in [-0.05, 0) is 19.3 Å². The van der Waals surface area contributed by atoms with E-state index in [1.807, 2.05) is 0 Å². The highest BCUT2D eigenvalue weighted by Crippen LogP contribution is 2.19. The summed E-state index contributed by atoms with van der Waals surface area (Å²) in [4.78, 5) is 11.6. The van der Waals surface area contributed by atoms with Crippen LogP contribution >= 0.6 is 0 Å². The zero-order chi connectivity index (χ0) is 12.2. The molecule has 1 heterocycles. The average molecular weight is 249 g/mol. The van der Waals surface area contributed by atoms with Gasteiger partial charge in [-0.2, -0.15) is 0 Å². The van der Waals surface area contributed by atoms with E-state index in [4.69, 9.17) is 0 Å². The van der Waals surface area contributed by atoms with Crippen molar-refractivity contribution in [2.45, 2.75) is 44.0 Å². The molecule has 1 rings (SSSR count). The van der Waals surface area contributed by atoms with E-state index in [1.54, 1.807) is 6.92 Å². The Morgan fingerprint density at radius 3 is 2.75 bits per heavy atom. The van der Waals surface area contributed by atoms with Crippen LogP contribution in [-0.2, 0) is 14.6 Å². The quantitative estimate of drug-likeness (QED) is 0.725. The fourth-order valence-corrected chi connectivity index (χ4v) is 3.55. The number of sulfone groups is 1. The fourth-order valence-electron chi connectivity index (χ4n) is 1.73. The van der Waals surface area contributed by atoms with E-state index >= 15 is 0 Å². The molecule has 0 aromatic rings. The first kappa shape index (κ1) is 13.4. The Morgan fingerprint density at radius 1 is 1.50 bits per heavy atom. The van der Waals surface area contributed by atoms with Crippen molar-refractivity contribution in [3.8, 4) is 0 Å². The maximum absolute atomic E-state index is 11.6. The van der Waals surface area contributed by atoms with Crippen molar-refractivity contribution in [2.24, 2.45) is 0 Å². The molecule has 0 saturated carbocycles. The molecule has 1 fully saturated rings. The minimum absolute atomic E-state index is 0.0986. The zero-order valence-corrected chi connectivity index (χ0v) is 10.3. The topological polar surface area (TPSA) is 83.5 Å². The Labute approximate surface area is 96.1 Å². The number of carbonyl (C=O) groups excluding carboxylic acids is 1. The van der Waals surface area contributed by atoms with Gasteiger partial charge in [0.05, 0.1) is 11.9 Å². The Balaban J connectivity index is 2.53. The molecule has 0 bridgehead atoms. The Hall–Kier alpha value is -0.620. The number of nitrogens with one attached hydrogen (secondary N) is 1. The first-order valence-corrected chi connectivity index (χ1v) is 7.36. The third kappa shape index (κ3) is 3.45. The summed E-state index contributed by atoms with van der Waals surface area (Å²) in [6, 6.07) is 0. The lowest BCUT2D eigenvalue weighted by molar-refractivity contribution is -0.121. The lowest BCUT2D eigenvalue weighted by Gasteiger charge is -2.21. The van der Waals surface area contributed by atoms with Crippen LogP contribution in [0.1, 0.15) is 32.6 Å². The highest BCUT2D eigenvalue weighted by molar-refractivity contribution is 7.92. The average Bonchev–Trinajstić information content (AvgIpc) is 2.24. The molecule has 0 aromatic heterocycles. The van der Waals surface area contributed by atoms with E-state index in [2.05, 4.69) is 5.32 Å². The van der Waals surface area contributed by atoms with Gasteiger partial charge < -0.3 is 10.4 Å². The van der Waals surface area contributed by atoms with Crippen molar-refractivity contribution in [1.29, 1.82) is 0 Å². The van der Waals surface area contributed by atoms with Crippen LogP contribution in [0, 0.1) is 0 Å². The van der Waals surface area contributed by atoms with Gasteiger partial charge in [-0.25, -0.2) is 8.42 Å². The third-order valence-corrected chi connectivity index (χ3v) is 5.03. The van der Waals surface area contributed by atoms with Crippen molar-refractivity contribution in [3.63, 3.8) is 0 Å². The van der Waals surface area contributed by atoms with Gasteiger partial charge in [-0.3, -0.25) is 4.79 Å². The zero-order valence-electron chi connectivity index (χ0n) is 9.48. The summed E-state index contributed by atoms with van der Waals surface area (Å²) in [5, 5.41) is 10.8. The molecule has 94 valence electrons. The minimum atomic E-state index is -3.27.